The van der Waals surface area contributed by atoms with Crippen molar-refractivity contribution in [3.8, 4) is 0 Å². The fourth-order valence-corrected chi connectivity index (χ4v) is 2.96. The molecule has 3 N–H and O–H groups in total. The summed E-state index contributed by atoms with van der Waals surface area (Å²) in [6, 6.07) is 7.86. The Labute approximate surface area is 155 Å². The van der Waals surface area contributed by atoms with Crippen LogP contribution in [0.5, 0.6) is 0 Å². The van der Waals surface area contributed by atoms with E-state index in [-0.39, 0.29) is 0 Å². The van der Waals surface area contributed by atoms with Gasteiger partial charge in [-0.1, -0.05) is 32.0 Å². The number of nitrogen functional groups attached to an aromatic ring is 1. The van der Waals surface area contributed by atoms with Gasteiger partial charge >= 0.3 is 0 Å². The summed E-state index contributed by atoms with van der Waals surface area (Å²) < 4.78 is 7.52. The molecule has 3 aromatic rings. The second-order valence-electron chi connectivity index (χ2n) is 6.58. The monoisotopic (exact) mass is 358 g/mol. The molecule has 0 aliphatic carbocycles. The maximum Gasteiger partial charge on any atom is 0.152 e. The van der Waals surface area contributed by atoms with E-state index in [2.05, 4.69) is 9.55 Å². The Bertz CT molecular complexity index is 865. The fourth-order valence-electron chi connectivity index (χ4n) is 2.96. The van der Waals surface area contributed by atoms with E-state index >= 15 is 0 Å². The summed E-state index contributed by atoms with van der Waals surface area (Å²) in [6.45, 7) is 11.2. The molecular formula is C20H30N4O2. The number of aliphatic hydroxyl groups is 1. The molecule has 0 bridgehead atoms. The van der Waals surface area contributed by atoms with Crippen LogP contribution >= 0.6 is 0 Å². The summed E-state index contributed by atoms with van der Waals surface area (Å²) in [5.41, 5.74) is 7.71. The van der Waals surface area contributed by atoms with E-state index in [1.165, 1.54) is 0 Å². The maximum atomic E-state index is 10.4. The smallest absolute Gasteiger partial charge is 0.152 e. The predicted molar refractivity (Wildman–Crippen MR) is 107 cm³/mol. The minimum absolute atomic E-state index is 0.413. The Balaban J connectivity index is 0.00000117. The van der Waals surface area contributed by atoms with Crippen molar-refractivity contribution >= 4 is 27.8 Å². The number of para-hydroxylation sites is 1. The number of benzene rings is 1. The first-order valence-corrected chi connectivity index (χ1v) is 9.24. The lowest BCUT2D eigenvalue weighted by Crippen LogP contribution is -2.27. The van der Waals surface area contributed by atoms with E-state index < -0.39 is 5.60 Å². The predicted octanol–water partition coefficient (Wildman–Crippen LogP) is 3.54. The van der Waals surface area contributed by atoms with Crippen LogP contribution in [0.15, 0.2) is 24.3 Å². The summed E-state index contributed by atoms with van der Waals surface area (Å²) in [5.74, 6) is 1.27. The molecule has 0 atom stereocenters. The zero-order valence-corrected chi connectivity index (χ0v) is 16.4. The van der Waals surface area contributed by atoms with Crippen LogP contribution in [0.2, 0.25) is 0 Å². The second-order valence-corrected chi connectivity index (χ2v) is 6.58. The number of ether oxygens (including phenoxy) is 1. The molecule has 6 nitrogen and oxygen atoms in total. The quantitative estimate of drug-likeness (QED) is 0.658. The first-order chi connectivity index (χ1) is 12.4. The molecule has 1 aromatic carbocycles. The van der Waals surface area contributed by atoms with Gasteiger partial charge < -0.3 is 20.1 Å². The Morgan fingerprint density at radius 1 is 1.19 bits per heavy atom. The molecule has 0 radical (unpaired) electrons. The number of aromatic nitrogens is 3. The SMILES string of the molecule is CC.CCOCCc1nc2c(N)nc3ccccc3c2n1CC(C)(C)O. The summed E-state index contributed by atoms with van der Waals surface area (Å²) in [7, 11) is 0. The van der Waals surface area contributed by atoms with E-state index in [1.54, 1.807) is 13.8 Å². The highest BCUT2D eigenvalue weighted by Gasteiger charge is 2.22. The third kappa shape index (κ3) is 4.31. The maximum absolute atomic E-state index is 10.4. The zero-order valence-electron chi connectivity index (χ0n) is 16.4. The van der Waals surface area contributed by atoms with Gasteiger partial charge in [-0.2, -0.15) is 0 Å². The lowest BCUT2D eigenvalue weighted by molar-refractivity contribution is 0.0612. The lowest BCUT2D eigenvalue weighted by atomic mass is 10.1. The van der Waals surface area contributed by atoms with Crippen LogP contribution in [-0.2, 0) is 17.7 Å². The number of nitrogens with zero attached hydrogens (tertiary/aromatic N) is 3. The summed E-state index contributed by atoms with van der Waals surface area (Å²) in [6.07, 6.45) is 0.659. The standard InChI is InChI=1S/C18H24N4O2.C2H6/c1-4-24-10-9-14-21-15-16(22(14)11-18(2,3)23)12-7-5-6-8-13(12)20-17(15)19;1-2/h5-8,23H,4,9-11H2,1-3H3,(H2,19,20);1-2H3. The number of anilines is 1. The van der Waals surface area contributed by atoms with Crippen molar-refractivity contribution in [1.29, 1.82) is 0 Å². The van der Waals surface area contributed by atoms with Gasteiger partial charge in [0.05, 0.1) is 29.8 Å². The molecule has 2 heterocycles. The molecule has 142 valence electrons. The summed E-state index contributed by atoms with van der Waals surface area (Å²) >= 11 is 0. The van der Waals surface area contributed by atoms with Crippen molar-refractivity contribution in [3.63, 3.8) is 0 Å². The van der Waals surface area contributed by atoms with Gasteiger partial charge in [0.1, 0.15) is 11.3 Å². The lowest BCUT2D eigenvalue weighted by Gasteiger charge is -2.20. The molecule has 26 heavy (non-hydrogen) atoms. The van der Waals surface area contributed by atoms with E-state index in [4.69, 9.17) is 15.5 Å². The number of fused-ring (bicyclic) bond motifs is 3. The van der Waals surface area contributed by atoms with Crippen LogP contribution < -0.4 is 5.73 Å². The van der Waals surface area contributed by atoms with Crippen molar-refractivity contribution in [2.45, 2.75) is 53.2 Å². The van der Waals surface area contributed by atoms with Crippen LogP contribution in [0.1, 0.15) is 40.4 Å². The van der Waals surface area contributed by atoms with Crippen LogP contribution in [0.25, 0.3) is 21.9 Å². The minimum atomic E-state index is -0.868. The third-order valence-corrected chi connectivity index (χ3v) is 3.91. The van der Waals surface area contributed by atoms with Crippen molar-refractivity contribution < 1.29 is 9.84 Å². The molecule has 6 heteroatoms. The number of rotatable bonds is 6. The Kier molecular flexibility index (Phi) is 6.56. The van der Waals surface area contributed by atoms with E-state index in [1.807, 2.05) is 45.0 Å². The Morgan fingerprint density at radius 2 is 1.88 bits per heavy atom. The van der Waals surface area contributed by atoms with Gasteiger partial charge in [0, 0.05) is 18.4 Å². The topological polar surface area (TPSA) is 86.2 Å². The Morgan fingerprint density at radius 3 is 2.54 bits per heavy atom. The molecule has 3 rings (SSSR count). The Hall–Kier alpha value is -2.18. The second kappa shape index (κ2) is 8.47. The normalized spacial score (nSPS) is 11.6. The fraction of sp³-hybridized carbons (Fsp3) is 0.500. The molecule has 0 unspecified atom stereocenters. The first-order valence-electron chi connectivity index (χ1n) is 9.24. The van der Waals surface area contributed by atoms with Gasteiger partial charge in [-0.05, 0) is 26.8 Å². The first kappa shape index (κ1) is 20.1. The highest BCUT2D eigenvalue weighted by molar-refractivity contribution is 6.06. The van der Waals surface area contributed by atoms with E-state index in [0.29, 0.717) is 37.5 Å². The third-order valence-electron chi connectivity index (χ3n) is 3.91. The molecule has 0 aliphatic heterocycles. The summed E-state index contributed by atoms with van der Waals surface area (Å²) in [4.78, 5) is 9.16. The van der Waals surface area contributed by atoms with Crippen molar-refractivity contribution in [2.75, 3.05) is 18.9 Å². The molecule has 0 saturated heterocycles. The zero-order chi connectivity index (χ0) is 19.3. The number of nitrogens with two attached hydrogens (primary N) is 1. The molecule has 0 aliphatic rings. The molecule has 0 spiro atoms. The van der Waals surface area contributed by atoms with Crippen molar-refractivity contribution in [1.82, 2.24) is 14.5 Å². The average molecular weight is 358 g/mol. The van der Waals surface area contributed by atoms with Crippen LogP contribution in [0, 0.1) is 0 Å². The molecule has 0 amide bonds. The highest BCUT2D eigenvalue weighted by Crippen LogP contribution is 2.30. The van der Waals surface area contributed by atoms with E-state index in [0.717, 1.165) is 22.2 Å². The van der Waals surface area contributed by atoms with Crippen molar-refractivity contribution in [3.05, 3.63) is 30.1 Å². The van der Waals surface area contributed by atoms with E-state index in [9.17, 15) is 5.11 Å². The highest BCUT2D eigenvalue weighted by atomic mass is 16.5. The van der Waals surface area contributed by atoms with Gasteiger partial charge in [-0.15, -0.1) is 0 Å². The van der Waals surface area contributed by atoms with Gasteiger partial charge in [-0.3, -0.25) is 0 Å². The van der Waals surface area contributed by atoms with Crippen LogP contribution in [-0.4, -0.2) is 38.5 Å². The average Bonchev–Trinajstić information content (AvgIpc) is 2.95. The molecular weight excluding hydrogens is 328 g/mol. The molecule has 0 saturated carbocycles. The van der Waals surface area contributed by atoms with Gasteiger partial charge in [-0.25, -0.2) is 9.97 Å². The largest absolute Gasteiger partial charge is 0.389 e. The van der Waals surface area contributed by atoms with Crippen molar-refractivity contribution in [2.24, 2.45) is 0 Å². The minimum Gasteiger partial charge on any atom is -0.389 e. The summed E-state index contributed by atoms with van der Waals surface area (Å²) in [5, 5.41) is 11.3. The van der Waals surface area contributed by atoms with Gasteiger partial charge in [0.2, 0.25) is 0 Å². The number of hydrogen-bond donors (Lipinski definition) is 2. The van der Waals surface area contributed by atoms with Gasteiger partial charge in [0.25, 0.3) is 0 Å². The molecule has 2 aromatic heterocycles. The number of pyridine rings is 1. The number of imidazole rings is 1. The van der Waals surface area contributed by atoms with Crippen LogP contribution in [0.3, 0.4) is 0 Å². The number of hydrogen-bond acceptors (Lipinski definition) is 5. The van der Waals surface area contributed by atoms with Crippen LogP contribution in [0.4, 0.5) is 5.82 Å². The molecule has 0 fully saturated rings. The van der Waals surface area contributed by atoms with Gasteiger partial charge in [0.15, 0.2) is 5.82 Å².